The molecule has 0 bridgehead atoms. The maximum absolute atomic E-state index is 5.50. The molecule has 1 aromatic heterocycles. The van der Waals surface area contributed by atoms with Crippen LogP contribution < -0.4 is 14.5 Å². The lowest BCUT2D eigenvalue weighted by Gasteiger charge is -2.36. The van der Waals surface area contributed by atoms with Gasteiger partial charge in [0.2, 0.25) is 0 Å². The van der Waals surface area contributed by atoms with E-state index in [0.29, 0.717) is 0 Å². The Hall–Kier alpha value is -2.27. The van der Waals surface area contributed by atoms with Gasteiger partial charge in [0.1, 0.15) is 5.75 Å². The first-order chi connectivity index (χ1) is 11.7. The highest BCUT2D eigenvalue weighted by atomic mass is 32.1. The summed E-state index contributed by atoms with van der Waals surface area (Å²) in [5.41, 5.74) is 3.58. The molecular weight excluding hydrogens is 318 g/mol. The molecule has 0 aliphatic carbocycles. The Morgan fingerprint density at radius 1 is 1.00 bits per heavy atom. The SMILES string of the molecule is COc1ccccc1N1CCN(c2nc3ccc(C)cc3s2)CC1. The Morgan fingerprint density at radius 2 is 1.75 bits per heavy atom. The molecule has 0 radical (unpaired) electrons. The van der Waals surface area contributed by atoms with Crippen molar-refractivity contribution in [3.8, 4) is 5.75 Å². The molecule has 1 fully saturated rings. The number of aryl methyl sites for hydroxylation is 1. The molecule has 0 spiro atoms. The quantitative estimate of drug-likeness (QED) is 0.723. The molecule has 4 nitrogen and oxygen atoms in total. The zero-order valence-corrected chi connectivity index (χ0v) is 14.8. The number of para-hydroxylation sites is 2. The van der Waals surface area contributed by atoms with Crippen molar-refractivity contribution in [2.75, 3.05) is 43.1 Å². The van der Waals surface area contributed by atoms with E-state index in [9.17, 15) is 0 Å². The molecule has 24 heavy (non-hydrogen) atoms. The first-order valence-corrected chi connectivity index (χ1v) is 9.06. The maximum atomic E-state index is 5.50. The molecule has 3 aromatic rings. The second kappa shape index (κ2) is 6.32. The van der Waals surface area contributed by atoms with Gasteiger partial charge in [0.15, 0.2) is 5.13 Å². The zero-order valence-electron chi connectivity index (χ0n) is 14.0. The summed E-state index contributed by atoms with van der Waals surface area (Å²) in [7, 11) is 1.73. The third-order valence-corrected chi connectivity index (χ3v) is 5.59. The van der Waals surface area contributed by atoms with Gasteiger partial charge >= 0.3 is 0 Å². The van der Waals surface area contributed by atoms with Gasteiger partial charge in [-0.15, -0.1) is 0 Å². The summed E-state index contributed by atoms with van der Waals surface area (Å²) < 4.78 is 6.77. The molecule has 0 N–H and O–H groups in total. The molecule has 5 heteroatoms. The van der Waals surface area contributed by atoms with E-state index in [1.165, 1.54) is 16.0 Å². The van der Waals surface area contributed by atoms with Crippen molar-refractivity contribution in [3.05, 3.63) is 48.0 Å². The number of hydrogen-bond donors (Lipinski definition) is 0. The largest absolute Gasteiger partial charge is 0.495 e. The minimum absolute atomic E-state index is 0.946. The van der Waals surface area contributed by atoms with Crippen molar-refractivity contribution in [2.45, 2.75) is 6.92 Å². The van der Waals surface area contributed by atoms with E-state index in [-0.39, 0.29) is 0 Å². The number of ether oxygens (including phenoxy) is 1. The van der Waals surface area contributed by atoms with Crippen LogP contribution in [0.1, 0.15) is 5.56 Å². The molecule has 1 aliphatic heterocycles. The van der Waals surface area contributed by atoms with Crippen LogP contribution >= 0.6 is 11.3 Å². The molecule has 2 aromatic carbocycles. The van der Waals surface area contributed by atoms with Gasteiger partial charge in [0.25, 0.3) is 0 Å². The van der Waals surface area contributed by atoms with Crippen molar-refractivity contribution < 1.29 is 4.74 Å². The van der Waals surface area contributed by atoms with Gasteiger partial charge < -0.3 is 14.5 Å². The predicted molar refractivity (Wildman–Crippen MR) is 102 cm³/mol. The van der Waals surface area contributed by atoms with Gasteiger partial charge in [-0.05, 0) is 36.8 Å². The number of piperazine rings is 1. The third-order valence-electron chi connectivity index (χ3n) is 4.51. The summed E-state index contributed by atoms with van der Waals surface area (Å²) in [5.74, 6) is 0.946. The van der Waals surface area contributed by atoms with Gasteiger partial charge in [0.05, 0.1) is 23.0 Å². The molecule has 124 valence electrons. The lowest BCUT2D eigenvalue weighted by molar-refractivity contribution is 0.413. The molecule has 4 rings (SSSR count). The van der Waals surface area contributed by atoms with Crippen LogP contribution in [0.3, 0.4) is 0 Å². The van der Waals surface area contributed by atoms with Crippen LogP contribution in [0.4, 0.5) is 10.8 Å². The summed E-state index contributed by atoms with van der Waals surface area (Å²) in [5, 5.41) is 1.13. The van der Waals surface area contributed by atoms with Crippen LogP contribution in [-0.2, 0) is 0 Å². The number of rotatable bonds is 3. The van der Waals surface area contributed by atoms with Crippen LogP contribution in [-0.4, -0.2) is 38.3 Å². The van der Waals surface area contributed by atoms with Crippen LogP contribution in [0.5, 0.6) is 5.75 Å². The minimum Gasteiger partial charge on any atom is -0.495 e. The molecule has 2 heterocycles. The predicted octanol–water partition coefficient (Wildman–Crippen LogP) is 3.94. The molecule has 1 aliphatic rings. The summed E-state index contributed by atoms with van der Waals surface area (Å²) in [6, 6.07) is 14.7. The Kier molecular flexibility index (Phi) is 4.02. The first kappa shape index (κ1) is 15.3. The second-order valence-corrected chi connectivity index (χ2v) is 7.12. The highest BCUT2D eigenvalue weighted by Gasteiger charge is 2.21. The van der Waals surface area contributed by atoms with Crippen molar-refractivity contribution in [3.63, 3.8) is 0 Å². The van der Waals surface area contributed by atoms with Crippen LogP contribution in [0.25, 0.3) is 10.2 Å². The fourth-order valence-electron chi connectivity index (χ4n) is 3.18. The van der Waals surface area contributed by atoms with Gasteiger partial charge in [-0.2, -0.15) is 0 Å². The Morgan fingerprint density at radius 3 is 2.54 bits per heavy atom. The number of thiazole rings is 1. The van der Waals surface area contributed by atoms with E-state index >= 15 is 0 Å². The Bertz CT molecular complexity index is 853. The fraction of sp³-hybridized carbons (Fsp3) is 0.316. The molecule has 0 unspecified atom stereocenters. The van der Waals surface area contributed by atoms with E-state index in [1.54, 1.807) is 18.4 Å². The lowest BCUT2D eigenvalue weighted by atomic mass is 10.2. The standard InChI is InChI=1S/C19H21N3OS/c1-14-7-8-15-18(13-14)24-19(20-15)22-11-9-21(10-12-22)16-5-3-4-6-17(16)23-2/h3-8,13H,9-12H2,1-2H3. The molecular formula is C19H21N3OS. The van der Waals surface area contributed by atoms with Crippen molar-refractivity contribution in [1.29, 1.82) is 0 Å². The zero-order chi connectivity index (χ0) is 16.5. The Balaban J connectivity index is 1.51. The fourth-order valence-corrected chi connectivity index (χ4v) is 4.30. The van der Waals surface area contributed by atoms with Crippen LogP contribution in [0, 0.1) is 6.92 Å². The van der Waals surface area contributed by atoms with E-state index in [1.807, 2.05) is 12.1 Å². The average molecular weight is 339 g/mol. The van der Waals surface area contributed by atoms with E-state index in [0.717, 1.165) is 42.6 Å². The molecule has 0 saturated carbocycles. The number of nitrogens with zero attached hydrogens (tertiary/aromatic N) is 3. The normalized spacial score (nSPS) is 15.1. The number of benzene rings is 2. The monoisotopic (exact) mass is 339 g/mol. The van der Waals surface area contributed by atoms with Crippen molar-refractivity contribution >= 4 is 32.4 Å². The average Bonchev–Trinajstić information content (AvgIpc) is 3.05. The second-order valence-electron chi connectivity index (χ2n) is 6.11. The van der Waals surface area contributed by atoms with E-state index in [4.69, 9.17) is 9.72 Å². The molecule has 0 amide bonds. The molecule has 0 atom stereocenters. The summed E-state index contributed by atoms with van der Waals surface area (Å²) >= 11 is 1.79. The number of hydrogen-bond acceptors (Lipinski definition) is 5. The van der Waals surface area contributed by atoms with E-state index < -0.39 is 0 Å². The van der Waals surface area contributed by atoms with Crippen molar-refractivity contribution in [2.24, 2.45) is 0 Å². The highest BCUT2D eigenvalue weighted by molar-refractivity contribution is 7.22. The Labute approximate surface area is 146 Å². The smallest absolute Gasteiger partial charge is 0.186 e. The number of aromatic nitrogens is 1. The minimum atomic E-state index is 0.946. The summed E-state index contributed by atoms with van der Waals surface area (Å²) in [4.78, 5) is 9.60. The van der Waals surface area contributed by atoms with Crippen molar-refractivity contribution in [1.82, 2.24) is 4.98 Å². The lowest BCUT2D eigenvalue weighted by Crippen LogP contribution is -2.46. The van der Waals surface area contributed by atoms with Crippen LogP contribution in [0.15, 0.2) is 42.5 Å². The number of methoxy groups -OCH3 is 1. The molecule has 1 saturated heterocycles. The first-order valence-electron chi connectivity index (χ1n) is 8.25. The van der Waals surface area contributed by atoms with Crippen LogP contribution in [0.2, 0.25) is 0 Å². The van der Waals surface area contributed by atoms with Gasteiger partial charge in [-0.3, -0.25) is 0 Å². The summed E-state index contributed by atoms with van der Waals surface area (Å²) in [6.45, 7) is 6.06. The van der Waals surface area contributed by atoms with E-state index in [2.05, 4.69) is 47.1 Å². The maximum Gasteiger partial charge on any atom is 0.186 e. The van der Waals surface area contributed by atoms with Gasteiger partial charge in [-0.25, -0.2) is 4.98 Å². The van der Waals surface area contributed by atoms with Gasteiger partial charge in [0, 0.05) is 26.2 Å². The third kappa shape index (κ3) is 2.80. The number of anilines is 2. The van der Waals surface area contributed by atoms with Gasteiger partial charge in [-0.1, -0.05) is 29.5 Å². The highest BCUT2D eigenvalue weighted by Crippen LogP contribution is 2.32. The topological polar surface area (TPSA) is 28.6 Å². The number of fused-ring (bicyclic) bond motifs is 1. The summed E-state index contributed by atoms with van der Waals surface area (Å²) in [6.07, 6.45) is 0.